The summed E-state index contributed by atoms with van der Waals surface area (Å²) in [6.07, 6.45) is 0.793. The van der Waals surface area contributed by atoms with Gasteiger partial charge in [-0.05, 0) is 25.0 Å². The van der Waals surface area contributed by atoms with E-state index >= 15 is 0 Å². The Morgan fingerprint density at radius 1 is 1.43 bits per heavy atom. The quantitative estimate of drug-likeness (QED) is 0.877. The van der Waals surface area contributed by atoms with Crippen LogP contribution in [0.1, 0.15) is 27.2 Å². The molecule has 2 heterocycles. The lowest BCUT2D eigenvalue weighted by atomic mass is 9.93. The van der Waals surface area contributed by atoms with Crippen molar-refractivity contribution >= 4 is 23.3 Å². The number of fused-ring (bicyclic) bond motifs is 1. The molecule has 2 aliphatic heterocycles. The fourth-order valence-electron chi connectivity index (χ4n) is 3.29. The van der Waals surface area contributed by atoms with E-state index in [-0.39, 0.29) is 17.9 Å². The Labute approximate surface area is 136 Å². The number of aliphatic hydroxyl groups is 1. The van der Waals surface area contributed by atoms with Crippen molar-refractivity contribution in [1.29, 1.82) is 0 Å². The van der Waals surface area contributed by atoms with E-state index in [0.717, 1.165) is 6.42 Å². The molecule has 3 rings (SSSR count). The number of benzene rings is 1. The second kappa shape index (κ2) is 5.53. The second-order valence-corrected chi connectivity index (χ2v) is 6.84. The molecule has 1 aromatic carbocycles. The molecule has 2 N–H and O–H groups in total. The molecule has 2 aliphatic rings. The standard InChI is InChI=1S/C17H23N3O3/c1-4-11(2)14-15(21)18-12-7-5-6-8-13(12)20(14)16(22)19-9-17(3,23)10-19/h5-8,11,14,23H,4,9-10H2,1-3H3,(H,18,21)/t11-,14-/m0/s1. The van der Waals surface area contributed by atoms with Crippen molar-refractivity contribution < 1.29 is 14.7 Å². The summed E-state index contributed by atoms with van der Waals surface area (Å²) < 4.78 is 0. The number of anilines is 2. The number of likely N-dealkylation sites (tertiary alicyclic amines) is 1. The van der Waals surface area contributed by atoms with E-state index in [1.807, 2.05) is 32.0 Å². The average molecular weight is 317 g/mol. The van der Waals surface area contributed by atoms with Gasteiger partial charge in [-0.2, -0.15) is 0 Å². The molecule has 0 saturated carbocycles. The average Bonchev–Trinajstić information content (AvgIpc) is 2.49. The number of hydrogen-bond donors (Lipinski definition) is 2. The normalized spacial score (nSPS) is 23.7. The molecule has 124 valence electrons. The summed E-state index contributed by atoms with van der Waals surface area (Å²) >= 11 is 0. The summed E-state index contributed by atoms with van der Waals surface area (Å²) in [5.74, 6) is -0.118. The van der Waals surface area contributed by atoms with E-state index < -0.39 is 11.6 Å². The molecule has 6 heteroatoms. The lowest BCUT2D eigenvalue weighted by Gasteiger charge is -2.48. The highest BCUT2D eigenvalue weighted by molar-refractivity contribution is 6.11. The zero-order chi connectivity index (χ0) is 16.8. The molecule has 0 radical (unpaired) electrons. The van der Waals surface area contributed by atoms with Gasteiger partial charge in [0.1, 0.15) is 6.04 Å². The number of carbonyl (C=O) groups excluding carboxylic acids is 2. The maximum absolute atomic E-state index is 13.0. The van der Waals surface area contributed by atoms with Crippen molar-refractivity contribution in [3.63, 3.8) is 0 Å². The summed E-state index contributed by atoms with van der Waals surface area (Å²) in [6.45, 7) is 6.28. The monoisotopic (exact) mass is 317 g/mol. The number of urea groups is 1. The second-order valence-electron chi connectivity index (χ2n) is 6.84. The van der Waals surface area contributed by atoms with Crippen molar-refractivity contribution in [2.45, 2.75) is 38.8 Å². The topological polar surface area (TPSA) is 72.9 Å². The lowest BCUT2D eigenvalue weighted by Crippen LogP contribution is -2.67. The van der Waals surface area contributed by atoms with Gasteiger partial charge >= 0.3 is 6.03 Å². The molecule has 2 atom stereocenters. The highest BCUT2D eigenvalue weighted by atomic mass is 16.3. The van der Waals surface area contributed by atoms with Crippen LogP contribution >= 0.6 is 0 Å². The summed E-state index contributed by atoms with van der Waals surface area (Å²) in [4.78, 5) is 28.7. The van der Waals surface area contributed by atoms with Crippen LogP contribution in [0.3, 0.4) is 0 Å². The molecular formula is C17H23N3O3. The minimum absolute atomic E-state index is 0.0362. The van der Waals surface area contributed by atoms with Crippen LogP contribution in [0.5, 0.6) is 0 Å². The Morgan fingerprint density at radius 3 is 2.70 bits per heavy atom. The molecule has 3 amide bonds. The van der Waals surface area contributed by atoms with Gasteiger partial charge in [0.2, 0.25) is 5.91 Å². The third-order valence-electron chi connectivity index (χ3n) is 4.69. The summed E-state index contributed by atoms with van der Waals surface area (Å²) in [5.41, 5.74) is 0.533. The predicted molar refractivity (Wildman–Crippen MR) is 88.4 cm³/mol. The largest absolute Gasteiger partial charge is 0.386 e. The van der Waals surface area contributed by atoms with Crippen LogP contribution in [-0.4, -0.2) is 46.7 Å². The first-order chi connectivity index (χ1) is 10.8. The van der Waals surface area contributed by atoms with Gasteiger partial charge in [-0.3, -0.25) is 9.69 Å². The number of amides is 3. The number of rotatable bonds is 2. The van der Waals surface area contributed by atoms with Gasteiger partial charge in [-0.1, -0.05) is 32.4 Å². The van der Waals surface area contributed by atoms with Gasteiger partial charge in [-0.15, -0.1) is 0 Å². The molecule has 0 unspecified atom stereocenters. The van der Waals surface area contributed by atoms with E-state index in [1.54, 1.807) is 22.8 Å². The molecule has 1 aromatic rings. The number of β-amino-alcohol motifs (C(OH)–C–C–N with tert-alkyl or cyclic N) is 1. The third-order valence-corrected chi connectivity index (χ3v) is 4.69. The van der Waals surface area contributed by atoms with Crippen molar-refractivity contribution in [2.24, 2.45) is 5.92 Å². The fraction of sp³-hybridized carbons (Fsp3) is 0.529. The van der Waals surface area contributed by atoms with Crippen LogP contribution in [0.15, 0.2) is 24.3 Å². The molecule has 0 aliphatic carbocycles. The number of carbonyl (C=O) groups is 2. The van der Waals surface area contributed by atoms with Gasteiger partial charge < -0.3 is 15.3 Å². The maximum Gasteiger partial charge on any atom is 0.325 e. The lowest BCUT2D eigenvalue weighted by molar-refractivity contribution is -0.118. The molecule has 1 saturated heterocycles. The van der Waals surface area contributed by atoms with Crippen LogP contribution in [0.4, 0.5) is 16.2 Å². The Bertz CT molecular complexity index is 636. The number of hydrogen-bond acceptors (Lipinski definition) is 3. The molecule has 6 nitrogen and oxygen atoms in total. The van der Waals surface area contributed by atoms with Crippen LogP contribution < -0.4 is 10.2 Å². The zero-order valence-electron chi connectivity index (χ0n) is 13.7. The fourth-order valence-corrected chi connectivity index (χ4v) is 3.29. The van der Waals surface area contributed by atoms with Crippen molar-refractivity contribution in [2.75, 3.05) is 23.3 Å². The molecule has 1 fully saturated rings. The Kier molecular flexibility index (Phi) is 3.80. The van der Waals surface area contributed by atoms with E-state index in [0.29, 0.717) is 24.5 Å². The maximum atomic E-state index is 13.0. The van der Waals surface area contributed by atoms with Crippen molar-refractivity contribution in [3.05, 3.63) is 24.3 Å². The van der Waals surface area contributed by atoms with E-state index in [9.17, 15) is 14.7 Å². The van der Waals surface area contributed by atoms with Crippen LogP contribution in [0.25, 0.3) is 0 Å². The minimum Gasteiger partial charge on any atom is -0.386 e. The van der Waals surface area contributed by atoms with Gasteiger partial charge in [0.05, 0.1) is 30.1 Å². The summed E-state index contributed by atoms with van der Waals surface area (Å²) in [5, 5.41) is 12.8. The summed E-state index contributed by atoms with van der Waals surface area (Å²) in [7, 11) is 0. The first kappa shape index (κ1) is 15.8. The molecule has 0 aromatic heterocycles. The molecule has 0 bridgehead atoms. The van der Waals surface area contributed by atoms with E-state index in [4.69, 9.17) is 0 Å². The van der Waals surface area contributed by atoms with E-state index in [2.05, 4.69) is 5.32 Å². The van der Waals surface area contributed by atoms with Gasteiger partial charge in [0.15, 0.2) is 0 Å². The smallest absolute Gasteiger partial charge is 0.325 e. The first-order valence-corrected chi connectivity index (χ1v) is 8.04. The minimum atomic E-state index is -0.834. The predicted octanol–water partition coefficient (Wildman–Crippen LogP) is 2.05. The Balaban J connectivity index is 1.98. The van der Waals surface area contributed by atoms with Gasteiger partial charge in [-0.25, -0.2) is 4.79 Å². The van der Waals surface area contributed by atoms with Crippen LogP contribution in [0, 0.1) is 5.92 Å². The van der Waals surface area contributed by atoms with Crippen LogP contribution in [0.2, 0.25) is 0 Å². The zero-order valence-corrected chi connectivity index (χ0v) is 13.7. The highest BCUT2D eigenvalue weighted by Gasteiger charge is 2.46. The molecule has 23 heavy (non-hydrogen) atoms. The number of para-hydroxylation sites is 2. The highest BCUT2D eigenvalue weighted by Crippen LogP contribution is 2.36. The third kappa shape index (κ3) is 2.67. The van der Waals surface area contributed by atoms with Gasteiger partial charge in [0.25, 0.3) is 0 Å². The molecular weight excluding hydrogens is 294 g/mol. The van der Waals surface area contributed by atoms with Crippen molar-refractivity contribution in [1.82, 2.24) is 4.90 Å². The summed E-state index contributed by atoms with van der Waals surface area (Å²) in [6, 6.07) is 6.58. The Hall–Kier alpha value is -2.08. The van der Waals surface area contributed by atoms with Crippen LogP contribution in [-0.2, 0) is 4.79 Å². The first-order valence-electron chi connectivity index (χ1n) is 8.04. The van der Waals surface area contributed by atoms with Gasteiger partial charge in [0, 0.05) is 0 Å². The Morgan fingerprint density at radius 2 is 2.09 bits per heavy atom. The SMILES string of the molecule is CC[C@H](C)[C@H]1C(=O)Nc2ccccc2N1C(=O)N1CC(C)(O)C1. The number of nitrogens with zero attached hydrogens (tertiary/aromatic N) is 2. The van der Waals surface area contributed by atoms with Crippen molar-refractivity contribution in [3.8, 4) is 0 Å². The number of nitrogens with one attached hydrogen (secondary N) is 1. The molecule has 0 spiro atoms. The van der Waals surface area contributed by atoms with E-state index in [1.165, 1.54) is 0 Å².